The predicted molar refractivity (Wildman–Crippen MR) is 132 cm³/mol. The number of halogens is 1. The lowest BCUT2D eigenvalue weighted by atomic mass is 10.0. The summed E-state index contributed by atoms with van der Waals surface area (Å²) in [5, 5.41) is 1.89. The molecule has 0 aliphatic heterocycles. The second-order valence-corrected chi connectivity index (χ2v) is 8.59. The van der Waals surface area contributed by atoms with Crippen LogP contribution in [0.3, 0.4) is 0 Å². The van der Waals surface area contributed by atoms with Gasteiger partial charge in [0.25, 0.3) is 0 Å². The summed E-state index contributed by atoms with van der Waals surface area (Å²) in [4.78, 5) is 30.9. The molecule has 32 heavy (non-hydrogen) atoms. The van der Waals surface area contributed by atoms with Crippen LogP contribution in [0.4, 0.5) is 5.82 Å². The number of hydrogen-bond donors (Lipinski definition) is 0. The number of aliphatic imine (C=N–C) groups is 1. The molecule has 4 nitrogen and oxygen atoms in total. The zero-order valence-corrected chi connectivity index (χ0v) is 19.2. The maximum Gasteiger partial charge on any atom is 0.197 e. The lowest BCUT2D eigenvalue weighted by Crippen LogP contribution is -2.01. The molecule has 1 aliphatic rings. The maximum absolute atomic E-state index is 13.1. The van der Waals surface area contributed by atoms with Crippen LogP contribution in [-0.4, -0.2) is 20.9 Å². The smallest absolute Gasteiger partial charge is 0.197 e. The van der Waals surface area contributed by atoms with Gasteiger partial charge < -0.3 is 0 Å². The third-order valence-corrected chi connectivity index (χ3v) is 6.50. The number of carbonyl (C=O) groups is 2. The van der Waals surface area contributed by atoms with Gasteiger partial charge in [-0.3, -0.25) is 13.2 Å². The van der Waals surface area contributed by atoms with Crippen molar-refractivity contribution in [3.8, 4) is 0 Å². The first-order valence-corrected chi connectivity index (χ1v) is 11.0. The predicted octanol–water partition coefficient (Wildman–Crippen LogP) is 6.71. The number of hydrogen-bond acceptors (Lipinski definition) is 3. The first-order valence-electron chi connectivity index (χ1n) is 10.3. The van der Waals surface area contributed by atoms with Gasteiger partial charge in [0, 0.05) is 16.8 Å². The van der Waals surface area contributed by atoms with Crippen molar-refractivity contribution in [2.24, 2.45) is 4.99 Å². The number of nitrogens with zero attached hydrogens (tertiary/aromatic N) is 2. The fourth-order valence-corrected chi connectivity index (χ4v) is 4.61. The third-order valence-electron chi connectivity index (χ3n) is 5.75. The van der Waals surface area contributed by atoms with E-state index in [1.54, 1.807) is 9.67 Å². The summed E-state index contributed by atoms with van der Waals surface area (Å²) in [6.07, 6.45) is 1.65. The maximum atomic E-state index is 13.1. The zero-order chi connectivity index (χ0) is 22.4. The van der Waals surface area contributed by atoms with Crippen molar-refractivity contribution in [3.63, 3.8) is 0 Å². The average molecular weight is 483 g/mol. The normalized spacial score (nSPS) is 13.7. The highest BCUT2D eigenvalue weighted by Crippen LogP contribution is 2.34. The molecule has 0 saturated heterocycles. The zero-order valence-electron chi connectivity index (χ0n) is 17.6. The number of aryl methyl sites for hydroxylation is 1. The van der Waals surface area contributed by atoms with Crippen molar-refractivity contribution in [1.29, 1.82) is 0 Å². The lowest BCUT2D eigenvalue weighted by Gasteiger charge is -2.03. The SMILES string of the molecule is CC(=Nc1c(C)cc(C=C2C(=O)c3cc4ccccc4cc3C2=O)n1Br)c1ccccc1. The van der Waals surface area contributed by atoms with Gasteiger partial charge in [-0.25, -0.2) is 4.99 Å². The number of Topliss-reactive ketones (excluding diaryl/α,β-unsaturated/α-hetero) is 2. The van der Waals surface area contributed by atoms with Crippen LogP contribution >= 0.6 is 16.1 Å². The molecular weight excluding hydrogens is 464 g/mol. The highest BCUT2D eigenvalue weighted by molar-refractivity contribution is 9.08. The van der Waals surface area contributed by atoms with Crippen molar-refractivity contribution in [2.45, 2.75) is 13.8 Å². The van der Waals surface area contributed by atoms with E-state index in [-0.39, 0.29) is 17.1 Å². The molecule has 0 atom stereocenters. The van der Waals surface area contributed by atoms with E-state index < -0.39 is 0 Å². The topological polar surface area (TPSA) is 51.4 Å². The van der Waals surface area contributed by atoms with E-state index in [4.69, 9.17) is 4.99 Å². The van der Waals surface area contributed by atoms with Crippen LogP contribution < -0.4 is 0 Å². The van der Waals surface area contributed by atoms with Gasteiger partial charge in [0.15, 0.2) is 11.6 Å². The quantitative estimate of drug-likeness (QED) is 0.185. The van der Waals surface area contributed by atoms with Crippen LogP contribution in [0, 0.1) is 6.92 Å². The Kier molecular flexibility index (Phi) is 4.98. The first kappa shape index (κ1) is 20.3. The van der Waals surface area contributed by atoms with E-state index in [9.17, 15) is 9.59 Å². The second-order valence-electron chi connectivity index (χ2n) is 7.88. The van der Waals surface area contributed by atoms with Crippen molar-refractivity contribution in [2.75, 3.05) is 0 Å². The van der Waals surface area contributed by atoms with Crippen LogP contribution in [-0.2, 0) is 0 Å². The van der Waals surface area contributed by atoms with Crippen molar-refractivity contribution in [1.82, 2.24) is 3.59 Å². The van der Waals surface area contributed by atoms with Gasteiger partial charge in [-0.2, -0.15) is 0 Å². The molecule has 0 N–H and O–H groups in total. The summed E-state index contributed by atoms with van der Waals surface area (Å²) in [5.41, 5.74) is 4.62. The Morgan fingerprint density at radius 2 is 1.44 bits per heavy atom. The Balaban J connectivity index is 1.56. The van der Waals surface area contributed by atoms with Gasteiger partial charge in [0.05, 0.1) is 27.4 Å². The number of benzene rings is 3. The summed E-state index contributed by atoms with van der Waals surface area (Å²) >= 11 is 3.56. The van der Waals surface area contributed by atoms with E-state index in [0.29, 0.717) is 16.8 Å². The fourth-order valence-electron chi connectivity index (χ4n) is 4.04. The minimum absolute atomic E-state index is 0.170. The van der Waals surface area contributed by atoms with Gasteiger partial charge in [-0.1, -0.05) is 54.6 Å². The summed E-state index contributed by atoms with van der Waals surface area (Å²) < 4.78 is 1.74. The Morgan fingerprint density at radius 1 is 0.875 bits per heavy atom. The number of ketones is 2. The van der Waals surface area contributed by atoms with Gasteiger partial charge >= 0.3 is 0 Å². The molecule has 156 valence electrons. The molecule has 0 unspecified atom stereocenters. The van der Waals surface area contributed by atoms with Crippen molar-refractivity contribution < 1.29 is 9.59 Å². The molecule has 4 aromatic rings. The number of rotatable bonds is 3. The minimum atomic E-state index is -0.243. The van der Waals surface area contributed by atoms with Crippen LogP contribution in [0.15, 0.2) is 83.4 Å². The van der Waals surface area contributed by atoms with E-state index in [2.05, 4.69) is 16.1 Å². The molecule has 3 aromatic carbocycles. The molecule has 0 spiro atoms. The van der Waals surface area contributed by atoms with Gasteiger partial charge in [0.1, 0.15) is 5.82 Å². The highest BCUT2D eigenvalue weighted by Gasteiger charge is 2.33. The Hall–Kier alpha value is -3.57. The highest BCUT2D eigenvalue weighted by atomic mass is 79.9. The molecule has 0 saturated carbocycles. The number of fused-ring (bicyclic) bond motifs is 2. The Morgan fingerprint density at radius 3 is 2.03 bits per heavy atom. The minimum Gasteiger partial charge on any atom is -0.288 e. The number of allylic oxidation sites excluding steroid dienone is 1. The summed E-state index contributed by atoms with van der Waals surface area (Å²) in [6, 6.07) is 23.2. The molecule has 1 aliphatic carbocycles. The largest absolute Gasteiger partial charge is 0.288 e. The van der Waals surface area contributed by atoms with Crippen LogP contribution in [0.25, 0.3) is 16.8 Å². The molecular formula is C27H19BrN2O2. The van der Waals surface area contributed by atoms with Gasteiger partial charge in [-0.05, 0) is 60.0 Å². The molecule has 0 bridgehead atoms. The summed E-state index contributed by atoms with van der Waals surface area (Å²) in [6.45, 7) is 3.91. The standard InChI is InChI=1S/C27H19BrN2O2/c1-16-12-21(30(28)27(16)29-17(2)18-8-4-3-5-9-18)15-24-25(31)22-13-19-10-6-7-11-20(19)14-23(22)26(24)32/h3-15H,1-2H3. The van der Waals surface area contributed by atoms with Gasteiger partial charge in [0.2, 0.25) is 0 Å². The molecule has 5 rings (SSSR count). The van der Waals surface area contributed by atoms with Crippen LogP contribution in [0.5, 0.6) is 0 Å². The number of carbonyl (C=O) groups excluding carboxylic acids is 2. The second kappa shape index (κ2) is 7.84. The fraction of sp³-hybridized carbons (Fsp3) is 0.0741. The molecule has 0 amide bonds. The third kappa shape index (κ3) is 3.35. The van der Waals surface area contributed by atoms with E-state index in [1.807, 2.05) is 86.6 Å². The molecule has 1 aromatic heterocycles. The van der Waals surface area contributed by atoms with Crippen molar-refractivity contribution in [3.05, 3.63) is 106 Å². The molecule has 5 heteroatoms. The first-order chi connectivity index (χ1) is 15.4. The summed E-state index contributed by atoms with van der Waals surface area (Å²) in [7, 11) is 0. The summed E-state index contributed by atoms with van der Waals surface area (Å²) in [5.74, 6) is 0.236. The molecule has 1 heterocycles. The molecule has 0 radical (unpaired) electrons. The van der Waals surface area contributed by atoms with Gasteiger partial charge in [-0.15, -0.1) is 0 Å². The van der Waals surface area contributed by atoms with E-state index in [0.717, 1.165) is 33.4 Å². The monoisotopic (exact) mass is 482 g/mol. The van der Waals surface area contributed by atoms with E-state index >= 15 is 0 Å². The average Bonchev–Trinajstić information content (AvgIpc) is 3.20. The van der Waals surface area contributed by atoms with Crippen LogP contribution in [0.1, 0.15) is 44.5 Å². The number of aromatic nitrogens is 1. The van der Waals surface area contributed by atoms with Crippen molar-refractivity contribution >= 4 is 56.1 Å². The van der Waals surface area contributed by atoms with E-state index in [1.165, 1.54) is 0 Å². The Labute approximate surface area is 194 Å². The van der Waals surface area contributed by atoms with Crippen LogP contribution in [0.2, 0.25) is 0 Å². The Bertz CT molecular complexity index is 1420. The lowest BCUT2D eigenvalue weighted by molar-refractivity contribution is 0.0990. The molecule has 0 fully saturated rings.